The third-order valence-corrected chi connectivity index (χ3v) is 4.24. The van der Waals surface area contributed by atoms with Crippen LogP contribution >= 0.6 is 0 Å². The van der Waals surface area contributed by atoms with Gasteiger partial charge in [-0.15, -0.1) is 0 Å². The summed E-state index contributed by atoms with van der Waals surface area (Å²) in [6.07, 6.45) is 4.76. The molecule has 2 aromatic rings. The zero-order chi connectivity index (χ0) is 14.8. The minimum absolute atomic E-state index is 0.0285. The topological polar surface area (TPSA) is 48.1 Å². The van der Waals surface area contributed by atoms with Crippen LogP contribution in [0.25, 0.3) is 0 Å². The number of benzene rings is 1. The smallest absolute Gasteiger partial charge is 0.131 e. The van der Waals surface area contributed by atoms with Gasteiger partial charge in [0.2, 0.25) is 0 Å². The highest BCUT2D eigenvalue weighted by molar-refractivity contribution is 5.40. The molecule has 4 heteroatoms. The van der Waals surface area contributed by atoms with E-state index in [2.05, 4.69) is 11.1 Å². The molecule has 0 saturated heterocycles. The third-order valence-electron chi connectivity index (χ3n) is 4.24. The lowest BCUT2D eigenvalue weighted by Gasteiger charge is -2.30. The molecule has 3 rings (SSSR count). The van der Waals surface area contributed by atoms with Gasteiger partial charge < -0.3 is 10.5 Å². The fraction of sp³-hybridized carbons (Fsp3) is 0.353. The van der Waals surface area contributed by atoms with Gasteiger partial charge in [0.05, 0.1) is 7.11 Å². The van der Waals surface area contributed by atoms with E-state index in [4.69, 9.17) is 10.5 Å². The van der Waals surface area contributed by atoms with Gasteiger partial charge in [-0.2, -0.15) is 0 Å². The summed E-state index contributed by atoms with van der Waals surface area (Å²) >= 11 is 0. The maximum absolute atomic E-state index is 14.2. The van der Waals surface area contributed by atoms with Gasteiger partial charge in [-0.3, -0.25) is 4.98 Å². The number of fused-ring (bicyclic) bond motifs is 1. The molecule has 3 nitrogen and oxygen atoms in total. The number of aryl methyl sites for hydroxylation is 1. The zero-order valence-corrected chi connectivity index (χ0v) is 12.1. The van der Waals surface area contributed by atoms with E-state index >= 15 is 0 Å². The van der Waals surface area contributed by atoms with Gasteiger partial charge in [-0.25, -0.2) is 4.39 Å². The molecule has 110 valence electrons. The number of hydrogen-bond donors (Lipinski definition) is 1. The number of aromatic nitrogens is 1. The van der Waals surface area contributed by atoms with E-state index < -0.39 is 6.04 Å². The number of rotatable bonds is 3. The van der Waals surface area contributed by atoms with Crippen molar-refractivity contribution in [2.75, 3.05) is 7.11 Å². The SMILES string of the molecule is COc1cccc(F)c1C(N)C1CCCc2cccnc21. The summed E-state index contributed by atoms with van der Waals surface area (Å²) in [5, 5.41) is 0. The minimum Gasteiger partial charge on any atom is -0.496 e. The van der Waals surface area contributed by atoms with Crippen molar-refractivity contribution in [1.82, 2.24) is 4.98 Å². The van der Waals surface area contributed by atoms with Gasteiger partial charge in [-0.1, -0.05) is 12.1 Å². The Bertz CT molecular complexity index is 644. The fourth-order valence-electron chi connectivity index (χ4n) is 3.21. The number of ether oxygens (including phenoxy) is 1. The van der Waals surface area contributed by atoms with E-state index in [1.807, 2.05) is 6.07 Å². The summed E-state index contributed by atoms with van der Waals surface area (Å²) < 4.78 is 19.5. The zero-order valence-electron chi connectivity index (χ0n) is 12.1. The van der Waals surface area contributed by atoms with Crippen molar-refractivity contribution < 1.29 is 9.13 Å². The van der Waals surface area contributed by atoms with Crippen LogP contribution in [-0.2, 0) is 6.42 Å². The van der Waals surface area contributed by atoms with Crippen LogP contribution in [0.1, 0.15) is 41.6 Å². The number of pyridine rings is 1. The Morgan fingerprint density at radius 3 is 3.00 bits per heavy atom. The first-order chi connectivity index (χ1) is 10.2. The quantitative estimate of drug-likeness (QED) is 0.941. The number of nitrogens with two attached hydrogens (primary N) is 1. The first-order valence-electron chi connectivity index (χ1n) is 7.24. The van der Waals surface area contributed by atoms with Gasteiger partial charge in [-0.05, 0) is 43.0 Å². The highest BCUT2D eigenvalue weighted by Crippen LogP contribution is 2.41. The maximum atomic E-state index is 14.2. The highest BCUT2D eigenvalue weighted by atomic mass is 19.1. The molecule has 1 heterocycles. The Balaban J connectivity index is 2.03. The third kappa shape index (κ3) is 2.51. The van der Waals surface area contributed by atoms with E-state index in [1.165, 1.54) is 18.7 Å². The van der Waals surface area contributed by atoms with E-state index in [0.29, 0.717) is 11.3 Å². The van der Waals surface area contributed by atoms with Gasteiger partial charge in [0, 0.05) is 29.4 Å². The van der Waals surface area contributed by atoms with Crippen LogP contribution in [0.4, 0.5) is 4.39 Å². The molecule has 0 saturated carbocycles. The molecule has 0 bridgehead atoms. The van der Waals surface area contributed by atoms with Crippen molar-refractivity contribution in [2.45, 2.75) is 31.2 Å². The van der Waals surface area contributed by atoms with Crippen LogP contribution in [0.15, 0.2) is 36.5 Å². The Kier molecular flexibility index (Phi) is 3.88. The first-order valence-corrected chi connectivity index (χ1v) is 7.24. The lowest BCUT2D eigenvalue weighted by molar-refractivity contribution is 0.383. The summed E-state index contributed by atoms with van der Waals surface area (Å²) in [5.74, 6) is 0.219. The van der Waals surface area contributed by atoms with E-state index in [-0.39, 0.29) is 11.7 Å². The molecule has 2 unspecified atom stereocenters. The normalized spacial score (nSPS) is 18.9. The number of methoxy groups -OCH3 is 1. The molecule has 2 atom stereocenters. The standard InChI is InChI=1S/C17H19FN2O/c1-21-14-9-3-8-13(18)15(14)16(19)12-7-2-5-11-6-4-10-20-17(11)12/h3-4,6,8-10,12,16H,2,5,7,19H2,1H3. The number of nitrogens with zero attached hydrogens (tertiary/aromatic N) is 1. The molecular formula is C17H19FN2O. The molecule has 0 spiro atoms. The van der Waals surface area contributed by atoms with E-state index in [0.717, 1.165) is 25.0 Å². The molecule has 2 N–H and O–H groups in total. The van der Waals surface area contributed by atoms with E-state index in [1.54, 1.807) is 18.3 Å². The summed E-state index contributed by atoms with van der Waals surface area (Å²) in [6, 6.07) is 8.39. The van der Waals surface area contributed by atoms with Crippen molar-refractivity contribution in [3.63, 3.8) is 0 Å². The minimum atomic E-state index is -0.449. The summed E-state index contributed by atoms with van der Waals surface area (Å²) in [5.41, 5.74) is 9.07. The molecule has 21 heavy (non-hydrogen) atoms. The second-order valence-corrected chi connectivity index (χ2v) is 5.43. The Morgan fingerprint density at radius 1 is 1.33 bits per heavy atom. The average Bonchev–Trinajstić information content (AvgIpc) is 2.53. The summed E-state index contributed by atoms with van der Waals surface area (Å²) in [7, 11) is 1.54. The Morgan fingerprint density at radius 2 is 2.19 bits per heavy atom. The number of hydrogen-bond acceptors (Lipinski definition) is 3. The molecule has 1 aliphatic rings. The predicted molar refractivity (Wildman–Crippen MR) is 79.8 cm³/mol. The Hall–Kier alpha value is -1.94. The van der Waals surface area contributed by atoms with Gasteiger partial charge >= 0.3 is 0 Å². The highest BCUT2D eigenvalue weighted by Gasteiger charge is 2.31. The molecule has 0 radical (unpaired) electrons. The summed E-state index contributed by atoms with van der Waals surface area (Å²) in [4.78, 5) is 4.49. The van der Waals surface area contributed by atoms with Crippen molar-refractivity contribution >= 4 is 0 Å². The van der Waals surface area contributed by atoms with Crippen molar-refractivity contribution in [3.8, 4) is 5.75 Å². The van der Waals surface area contributed by atoms with Crippen molar-refractivity contribution in [2.24, 2.45) is 5.73 Å². The molecule has 1 aromatic carbocycles. The first kappa shape index (κ1) is 14.0. The molecule has 1 aromatic heterocycles. The van der Waals surface area contributed by atoms with E-state index in [9.17, 15) is 4.39 Å². The lowest BCUT2D eigenvalue weighted by atomic mass is 9.79. The molecule has 0 fully saturated rings. The largest absolute Gasteiger partial charge is 0.496 e. The van der Waals surface area contributed by atoms with Crippen LogP contribution in [0, 0.1) is 5.82 Å². The second kappa shape index (κ2) is 5.82. The van der Waals surface area contributed by atoms with Gasteiger partial charge in [0.15, 0.2) is 0 Å². The van der Waals surface area contributed by atoms with Crippen LogP contribution < -0.4 is 10.5 Å². The predicted octanol–water partition coefficient (Wildman–Crippen LogP) is 3.35. The molecule has 1 aliphatic carbocycles. The van der Waals surface area contributed by atoms with Crippen LogP contribution in [0.5, 0.6) is 5.75 Å². The Labute approximate surface area is 124 Å². The van der Waals surface area contributed by atoms with Crippen LogP contribution in [-0.4, -0.2) is 12.1 Å². The average molecular weight is 286 g/mol. The lowest BCUT2D eigenvalue weighted by Crippen LogP contribution is -2.26. The fourth-order valence-corrected chi connectivity index (χ4v) is 3.21. The second-order valence-electron chi connectivity index (χ2n) is 5.43. The van der Waals surface area contributed by atoms with Crippen molar-refractivity contribution in [1.29, 1.82) is 0 Å². The van der Waals surface area contributed by atoms with Gasteiger partial charge in [0.1, 0.15) is 11.6 Å². The molecule has 0 aliphatic heterocycles. The molecular weight excluding hydrogens is 267 g/mol. The van der Waals surface area contributed by atoms with Crippen molar-refractivity contribution in [3.05, 3.63) is 59.2 Å². The number of halogens is 1. The maximum Gasteiger partial charge on any atom is 0.131 e. The monoisotopic (exact) mass is 286 g/mol. The van der Waals surface area contributed by atoms with Gasteiger partial charge in [0.25, 0.3) is 0 Å². The molecule has 0 amide bonds. The van der Waals surface area contributed by atoms with Crippen LogP contribution in [0.3, 0.4) is 0 Å². The summed E-state index contributed by atoms with van der Waals surface area (Å²) in [6.45, 7) is 0. The van der Waals surface area contributed by atoms with Crippen LogP contribution in [0.2, 0.25) is 0 Å².